The van der Waals surface area contributed by atoms with Gasteiger partial charge in [-0.3, -0.25) is 9.80 Å². The lowest BCUT2D eigenvalue weighted by Crippen LogP contribution is -2.36. The monoisotopic (exact) mass is 358 g/mol. The maximum absolute atomic E-state index is 9.17. The van der Waals surface area contributed by atoms with Gasteiger partial charge in [-0.25, -0.2) is 0 Å². The van der Waals surface area contributed by atoms with Gasteiger partial charge in [0.1, 0.15) is 0 Å². The van der Waals surface area contributed by atoms with Crippen molar-refractivity contribution in [3.05, 3.63) is 0 Å². The van der Waals surface area contributed by atoms with Crippen molar-refractivity contribution in [1.29, 1.82) is 0 Å². The van der Waals surface area contributed by atoms with Crippen LogP contribution in [0.1, 0.15) is 32.1 Å². The molecule has 0 aromatic carbocycles. The highest BCUT2D eigenvalue weighted by molar-refractivity contribution is 4.96. The molecule has 2 saturated carbocycles. The first-order valence-electron chi connectivity index (χ1n) is 10.1. The minimum Gasteiger partial charge on any atom is -0.395 e. The molecule has 0 spiro atoms. The summed E-state index contributed by atoms with van der Waals surface area (Å²) in [5, 5.41) is 36.5. The molecule has 0 aromatic heterocycles. The Bertz CT molecular complexity index is 346. The van der Waals surface area contributed by atoms with Crippen molar-refractivity contribution >= 4 is 0 Å². The molecule has 0 aliphatic heterocycles. The summed E-state index contributed by atoms with van der Waals surface area (Å²) in [6, 6.07) is 0. The van der Waals surface area contributed by atoms with E-state index in [2.05, 4.69) is 9.80 Å². The number of rotatable bonds is 14. The lowest BCUT2D eigenvalue weighted by molar-refractivity contribution is 0.119. The summed E-state index contributed by atoms with van der Waals surface area (Å²) in [7, 11) is 0. The highest BCUT2D eigenvalue weighted by Gasteiger charge is 2.45. The Morgan fingerprint density at radius 2 is 1.12 bits per heavy atom. The van der Waals surface area contributed by atoms with Gasteiger partial charge in [-0.1, -0.05) is 0 Å². The average Bonchev–Trinajstić information content (AvgIpc) is 3.16. The normalized spacial score (nSPS) is 28.6. The SMILES string of the molecule is OCCN(CCO)CCCC1CC2CC1CC2CN(CCO)CCO. The van der Waals surface area contributed by atoms with Crippen LogP contribution in [-0.4, -0.2) is 95.9 Å². The van der Waals surface area contributed by atoms with E-state index < -0.39 is 0 Å². The second kappa shape index (κ2) is 11.5. The molecule has 2 aliphatic carbocycles. The molecule has 2 aliphatic rings. The molecule has 2 bridgehead atoms. The molecular formula is C19H38N2O4. The number of fused-ring (bicyclic) bond motifs is 2. The smallest absolute Gasteiger partial charge is 0.0558 e. The number of hydrogen-bond donors (Lipinski definition) is 4. The third kappa shape index (κ3) is 6.45. The summed E-state index contributed by atoms with van der Waals surface area (Å²) in [6.45, 7) is 5.31. The van der Waals surface area contributed by atoms with Crippen LogP contribution in [0.15, 0.2) is 0 Å². The number of aliphatic hydroxyl groups is 4. The lowest BCUT2D eigenvalue weighted by atomic mass is 9.79. The molecule has 0 heterocycles. The van der Waals surface area contributed by atoms with Crippen LogP contribution < -0.4 is 0 Å². The predicted molar refractivity (Wildman–Crippen MR) is 98.3 cm³/mol. The van der Waals surface area contributed by atoms with Crippen molar-refractivity contribution in [3.8, 4) is 0 Å². The van der Waals surface area contributed by atoms with Crippen LogP contribution in [0.4, 0.5) is 0 Å². The Morgan fingerprint density at radius 1 is 0.600 bits per heavy atom. The molecule has 25 heavy (non-hydrogen) atoms. The minimum absolute atomic E-state index is 0.161. The fourth-order valence-corrected chi connectivity index (χ4v) is 5.20. The first kappa shape index (κ1) is 21.1. The zero-order chi connectivity index (χ0) is 18.1. The van der Waals surface area contributed by atoms with Gasteiger partial charge in [-0.15, -0.1) is 0 Å². The third-order valence-corrected chi connectivity index (χ3v) is 6.36. The van der Waals surface area contributed by atoms with E-state index in [4.69, 9.17) is 10.2 Å². The largest absolute Gasteiger partial charge is 0.395 e. The Labute approximate surface area is 152 Å². The highest BCUT2D eigenvalue weighted by atomic mass is 16.3. The van der Waals surface area contributed by atoms with Crippen molar-refractivity contribution in [1.82, 2.24) is 9.80 Å². The molecule has 0 amide bonds. The quantitative estimate of drug-likeness (QED) is 0.350. The van der Waals surface area contributed by atoms with Crippen molar-refractivity contribution in [2.24, 2.45) is 23.7 Å². The van der Waals surface area contributed by atoms with E-state index in [0.29, 0.717) is 26.2 Å². The van der Waals surface area contributed by atoms with Crippen molar-refractivity contribution in [3.63, 3.8) is 0 Å². The summed E-state index contributed by atoms with van der Waals surface area (Å²) in [6.07, 6.45) is 6.41. The van der Waals surface area contributed by atoms with Gasteiger partial charge in [-0.05, 0) is 62.3 Å². The lowest BCUT2D eigenvalue weighted by Gasteiger charge is -2.32. The van der Waals surface area contributed by atoms with Crippen LogP contribution in [0.5, 0.6) is 0 Å². The average molecular weight is 359 g/mol. The molecule has 6 heteroatoms. The molecule has 0 saturated heterocycles. The molecular weight excluding hydrogens is 320 g/mol. The Balaban J connectivity index is 1.68. The summed E-state index contributed by atoms with van der Waals surface area (Å²) < 4.78 is 0. The highest BCUT2D eigenvalue weighted by Crippen LogP contribution is 2.53. The summed E-state index contributed by atoms with van der Waals surface area (Å²) in [5.74, 6) is 3.25. The first-order chi connectivity index (χ1) is 12.2. The molecule has 4 unspecified atom stereocenters. The maximum atomic E-state index is 9.17. The minimum atomic E-state index is 0.161. The van der Waals surface area contributed by atoms with Gasteiger partial charge in [0.15, 0.2) is 0 Å². The number of aliphatic hydroxyl groups excluding tert-OH is 4. The van der Waals surface area contributed by atoms with Crippen LogP contribution in [0, 0.1) is 23.7 Å². The van der Waals surface area contributed by atoms with E-state index in [1.807, 2.05) is 0 Å². The van der Waals surface area contributed by atoms with E-state index in [-0.39, 0.29) is 26.4 Å². The zero-order valence-electron chi connectivity index (χ0n) is 15.6. The van der Waals surface area contributed by atoms with E-state index >= 15 is 0 Å². The molecule has 0 aromatic rings. The molecule has 2 rings (SSSR count). The molecule has 4 atom stereocenters. The van der Waals surface area contributed by atoms with Crippen molar-refractivity contribution in [2.45, 2.75) is 32.1 Å². The summed E-state index contributed by atoms with van der Waals surface area (Å²) in [4.78, 5) is 4.36. The topological polar surface area (TPSA) is 87.4 Å². The van der Waals surface area contributed by atoms with Crippen LogP contribution >= 0.6 is 0 Å². The summed E-state index contributed by atoms with van der Waals surface area (Å²) in [5.41, 5.74) is 0. The Hall–Kier alpha value is -0.240. The standard InChI is InChI=1S/C19H38N2O4/c22-8-4-20(5-9-23)3-1-2-16-12-18-13-17(16)14-19(18)15-21(6-10-24)7-11-25/h16-19,22-25H,1-15H2. The van der Waals surface area contributed by atoms with Gasteiger partial charge >= 0.3 is 0 Å². The predicted octanol–water partition coefficient (Wildman–Crippen LogP) is 0.00210. The van der Waals surface area contributed by atoms with Gasteiger partial charge in [0.2, 0.25) is 0 Å². The molecule has 148 valence electrons. The fraction of sp³-hybridized carbons (Fsp3) is 1.00. The Kier molecular flexibility index (Phi) is 9.66. The summed E-state index contributed by atoms with van der Waals surface area (Å²) >= 11 is 0. The molecule has 4 N–H and O–H groups in total. The molecule has 6 nitrogen and oxygen atoms in total. The number of nitrogens with zero attached hydrogens (tertiary/aromatic N) is 2. The van der Waals surface area contributed by atoms with E-state index in [1.54, 1.807) is 0 Å². The second-order valence-electron chi connectivity index (χ2n) is 7.93. The maximum Gasteiger partial charge on any atom is 0.0558 e. The van der Waals surface area contributed by atoms with E-state index in [9.17, 15) is 10.2 Å². The zero-order valence-corrected chi connectivity index (χ0v) is 15.6. The van der Waals surface area contributed by atoms with Crippen LogP contribution in [0.25, 0.3) is 0 Å². The fourth-order valence-electron chi connectivity index (χ4n) is 5.20. The first-order valence-corrected chi connectivity index (χ1v) is 10.1. The van der Waals surface area contributed by atoms with Crippen LogP contribution in [0.3, 0.4) is 0 Å². The van der Waals surface area contributed by atoms with Gasteiger partial charge in [0, 0.05) is 32.7 Å². The molecule has 2 fully saturated rings. The van der Waals surface area contributed by atoms with E-state index in [1.165, 1.54) is 25.7 Å². The van der Waals surface area contributed by atoms with Gasteiger partial charge in [0.25, 0.3) is 0 Å². The van der Waals surface area contributed by atoms with Crippen LogP contribution in [-0.2, 0) is 0 Å². The third-order valence-electron chi connectivity index (χ3n) is 6.36. The molecule has 0 radical (unpaired) electrons. The van der Waals surface area contributed by atoms with E-state index in [0.717, 1.165) is 43.2 Å². The van der Waals surface area contributed by atoms with Crippen molar-refractivity contribution < 1.29 is 20.4 Å². The van der Waals surface area contributed by atoms with Gasteiger partial charge in [-0.2, -0.15) is 0 Å². The second-order valence-corrected chi connectivity index (χ2v) is 7.93. The van der Waals surface area contributed by atoms with Gasteiger partial charge in [0.05, 0.1) is 26.4 Å². The number of hydrogen-bond acceptors (Lipinski definition) is 6. The van der Waals surface area contributed by atoms with Gasteiger partial charge < -0.3 is 20.4 Å². The Morgan fingerprint density at radius 3 is 1.64 bits per heavy atom. The van der Waals surface area contributed by atoms with Crippen LogP contribution in [0.2, 0.25) is 0 Å². The van der Waals surface area contributed by atoms with Crippen molar-refractivity contribution in [2.75, 3.05) is 65.7 Å².